The molecular formula is C32H35N5O5. The molecule has 4 aromatic rings. The van der Waals surface area contributed by atoms with Crippen LogP contribution in [-0.2, 0) is 0 Å². The lowest BCUT2D eigenvalue weighted by atomic mass is 9.98. The van der Waals surface area contributed by atoms with Crippen molar-refractivity contribution in [1.82, 2.24) is 25.0 Å². The number of aromatic nitrogens is 3. The molecule has 0 saturated carbocycles. The van der Waals surface area contributed by atoms with Gasteiger partial charge >= 0.3 is 0 Å². The molecule has 42 heavy (non-hydrogen) atoms. The van der Waals surface area contributed by atoms with Gasteiger partial charge < -0.3 is 25.2 Å². The molecule has 1 saturated heterocycles. The summed E-state index contributed by atoms with van der Waals surface area (Å²) in [5.41, 5.74) is 2.17. The van der Waals surface area contributed by atoms with E-state index in [1.54, 1.807) is 59.2 Å². The largest absolute Gasteiger partial charge is 0.508 e. The Kier molecular flexibility index (Phi) is 8.42. The highest BCUT2D eigenvalue weighted by molar-refractivity contribution is 5.94. The molecule has 0 spiro atoms. The van der Waals surface area contributed by atoms with Crippen LogP contribution in [0.15, 0.2) is 60.7 Å². The highest BCUT2D eigenvalue weighted by Crippen LogP contribution is 2.38. The number of benzene rings is 3. The van der Waals surface area contributed by atoms with Crippen molar-refractivity contribution in [2.45, 2.75) is 46.0 Å². The molecule has 218 valence electrons. The second-order valence-corrected chi connectivity index (χ2v) is 10.6. The van der Waals surface area contributed by atoms with Crippen LogP contribution in [0.3, 0.4) is 0 Å². The van der Waals surface area contributed by atoms with E-state index in [9.17, 15) is 19.8 Å². The van der Waals surface area contributed by atoms with Gasteiger partial charge in [-0.3, -0.25) is 14.2 Å². The number of nitrogens with zero attached hydrogens (tertiary/aromatic N) is 4. The molecule has 0 unspecified atom stereocenters. The molecule has 10 nitrogen and oxygen atoms in total. The SMILES string of the molecule is CCNC(=O)c1nnc(-c2cc(C(C)C)c(O)cc2O)n1-c1ccc(Oc2ccc(C(=O)N3CCCCC3)cc2)cc1. The molecule has 1 aliphatic heterocycles. The number of phenols is 2. The highest BCUT2D eigenvalue weighted by Gasteiger charge is 2.24. The van der Waals surface area contributed by atoms with E-state index in [-0.39, 0.29) is 35.0 Å². The minimum absolute atomic E-state index is 0.0167. The van der Waals surface area contributed by atoms with E-state index < -0.39 is 5.91 Å². The van der Waals surface area contributed by atoms with Crippen LogP contribution in [0.2, 0.25) is 0 Å². The van der Waals surface area contributed by atoms with Gasteiger partial charge in [0, 0.05) is 37.0 Å². The van der Waals surface area contributed by atoms with Gasteiger partial charge in [-0.1, -0.05) is 13.8 Å². The molecule has 10 heteroatoms. The molecular weight excluding hydrogens is 534 g/mol. The summed E-state index contributed by atoms with van der Waals surface area (Å²) in [5, 5.41) is 32.2. The molecule has 0 bridgehead atoms. The highest BCUT2D eigenvalue weighted by atomic mass is 16.5. The summed E-state index contributed by atoms with van der Waals surface area (Å²) >= 11 is 0. The Balaban J connectivity index is 1.42. The summed E-state index contributed by atoms with van der Waals surface area (Å²) in [5.74, 6) is 0.834. The van der Waals surface area contributed by atoms with Gasteiger partial charge in [-0.05, 0) is 92.3 Å². The summed E-state index contributed by atoms with van der Waals surface area (Å²) in [6.45, 7) is 7.66. The van der Waals surface area contributed by atoms with E-state index in [0.29, 0.717) is 40.4 Å². The smallest absolute Gasteiger partial charge is 0.289 e. The summed E-state index contributed by atoms with van der Waals surface area (Å²) < 4.78 is 7.59. The molecule has 0 atom stereocenters. The van der Waals surface area contributed by atoms with Crippen molar-refractivity contribution >= 4 is 11.8 Å². The second-order valence-electron chi connectivity index (χ2n) is 10.6. The molecule has 2 heterocycles. The summed E-state index contributed by atoms with van der Waals surface area (Å²) in [4.78, 5) is 27.6. The number of carbonyl (C=O) groups excluding carboxylic acids is 2. The van der Waals surface area contributed by atoms with E-state index in [4.69, 9.17) is 4.74 Å². The first-order valence-corrected chi connectivity index (χ1v) is 14.2. The average Bonchev–Trinajstić information content (AvgIpc) is 3.43. The maximum Gasteiger partial charge on any atom is 0.289 e. The zero-order valence-corrected chi connectivity index (χ0v) is 24.0. The van der Waals surface area contributed by atoms with E-state index in [2.05, 4.69) is 15.5 Å². The van der Waals surface area contributed by atoms with Crippen LogP contribution >= 0.6 is 0 Å². The van der Waals surface area contributed by atoms with Gasteiger partial charge in [0.05, 0.1) is 5.56 Å². The Morgan fingerprint density at radius 1 is 0.905 bits per heavy atom. The number of rotatable bonds is 8. The number of hydrogen-bond acceptors (Lipinski definition) is 7. The van der Waals surface area contributed by atoms with Crippen LogP contribution in [0.4, 0.5) is 0 Å². The number of amides is 2. The first-order chi connectivity index (χ1) is 20.3. The molecule has 1 aromatic heterocycles. The summed E-state index contributed by atoms with van der Waals surface area (Å²) in [6.07, 6.45) is 3.25. The minimum Gasteiger partial charge on any atom is -0.508 e. The molecule has 0 radical (unpaired) electrons. The van der Waals surface area contributed by atoms with Crippen molar-refractivity contribution in [3.8, 4) is 40.1 Å². The third-order valence-electron chi connectivity index (χ3n) is 7.29. The van der Waals surface area contributed by atoms with Crippen LogP contribution in [0.5, 0.6) is 23.0 Å². The Labute approximate surface area is 244 Å². The van der Waals surface area contributed by atoms with Gasteiger partial charge in [0.2, 0.25) is 5.82 Å². The predicted molar refractivity (Wildman–Crippen MR) is 158 cm³/mol. The fourth-order valence-electron chi connectivity index (χ4n) is 5.07. The number of likely N-dealkylation sites (tertiary alicyclic amines) is 1. The lowest BCUT2D eigenvalue weighted by molar-refractivity contribution is 0.0724. The van der Waals surface area contributed by atoms with Gasteiger partial charge in [-0.25, -0.2) is 0 Å². The Hall–Kier alpha value is -4.86. The van der Waals surface area contributed by atoms with Gasteiger partial charge in [0.1, 0.15) is 23.0 Å². The molecule has 2 amide bonds. The Bertz CT molecular complexity index is 1570. The fourth-order valence-corrected chi connectivity index (χ4v) is 5.07. The van der Waals surface area contributed by atoms with Crippen molar-refractivity contribution in [2.75, 3.05) is 19.6 Å². The predicted octanol–water partition coefficient (Wildman–Crippen LogP) is 5.64. The summed E-state index contributed by atoms with van der Waals surface area (Å²) in [7, 11) is 0. The van der Waals surface area contributed by atoms with Gasteiger partial charge in [0.25, 0.3) is 11.8 Å². The number of phenolic OH excluding ortho intramolecular Hbond substituents is 2. The van der Waals surface area contributed by atoms with Crippen LogP contribution in [-0.4, -0.2) is 61.3 Å². The van der Waals surface area contributed by atoms with Crippen LogP contribution < -0.4 is 10.1 Å². The lowest BCUT2D eigenvalue weighted by Gasteiger charge is -2.26. The monoisotopic (exact) mass is 569 g/mol. The normalized spacial score (nSPS) is 13.3. The van der Waals surface area contributed by atoms with Gasteiger partial charge in [0.15, 0.2) is 5.82 Å². The molecule has 3 N–H and O–H groups in total. The van der Waals surface area contributed by atoms with Gasteiger partial charge in [-0.2, -0.15) is 0 Å². The van der Waals surface area contributed by atoms with E-state index in [0.717, 1.165) is 25.9 Å². The Morgan fingerprint density at radius 3 is 2.17 bits per heavy atom. The molecule has 5 rings (SSSR count). The molecule has 1 aliphatic rings. The fraction of sp³-hybridized carbons (Fsp3) is 0.312. The third-order valence-corrected chi connectivity index (χ3v) is 7.29. The van der Waals surface area contributed by atoms with Crippen molar-refractivity contribution in [3.63, 3.8) is 0 Å². The molecule has 1 fully saturated rings. The van der Waals surface area contributed by atoms with E-state index >= 15 is 0 Å². The van der Waals surface area contributed by atoms with Gasteiger partial charge in [-0.15, -0.1) is 10.2 Å². The Morgan fingerprint density at radius 2 is 1.55 bits per heavy atom. The first kappa shape index (κ1) is 28.7. The van der Waals surface area contributed by atoms with Crippen molar-refractivity contribution < 1.29 is 24.5 Å². The maximum absolute atomic E-state index is 12.9. The number of nitrogens with one attached hydrogen (secondary N) is 1. The third kappa shape index (κ3) is 5.93. The molecule has 3 aromatic carbocycles. The van der Waals surface area contributed by atoms with Crippen LogP contribution in [0.25, 0.3) is 17.1 Å². The average molecular weight is 570 g/mol. The van der Waals surface area contributed by atoms with Crippen molar-refractivity contribution in [1.29, 1.82) is 0 Å². The standard InChI is InChI=1S/C32H35N5O5/c1-4-33-31(40)30-35-34-29(26-18-25(20(2)3)27(38)19-28(26)39)37(30)22-10-14-24(15-11-22)42-23-12-8-21(9-13-23)32(41)36-16-6-5-7-17-36/h8-15,18-20,38-39H,4-7,16-17H2,1-3H3,(H,33,40). The lowest BCUT2D eigenvalue weighted by Crippen LogP contribution is -2.35. The number of ether oxygens (including phenoxy) is 1. The van der Waals surface area contributed by atoms with E-state index in [1.807, 2.05) is 25.7 Å². The quantitative estimate of drug-likeness (QED) is 0.250. The summed E-state index contributed by atoms with van der Waals surface area (Å²) in [6, 6.07) is 17.1. The zero-order valence-electron chi connectivity index (χ0n) is 24.0. The number of piperidine rings is 1. The number of carbonyl (C=O) groups is 2. The maximum atomic E-state index is 12.9. The zero-order chi connectivity index (χ0) is 29.8. The topological polar surface area (TPSA) is 130 Å². The van der Waals surface area contributed by atoms with Crippen LogP contribution in [0, 0.1) is 0 Å². The number of hydrogen-bond donors (Lipinski definition) is 3. The molecule has 0 aliphatic carbocycles. The first-order valence-electron chi connectivity index (χ1n) is 14.2. The van der Waals surface area contributed by atoms with E-state index in [1.165, 1.54) is 12.5 Å². The second kappa shape index (κ2) is 12.3. The minimum atomic E-state index is -0.418. The van der Waals surface area contributed by atoms with Crippen molar-refractivity contribution in [3.05, 3.63) is 77.6 Å². The van der Waals surface area contributed by atoms with Crippen molar-refractivity contribution in [2.24, 2.45) is 0 Å². The number of aromatic hydroxyl groups is 2. The van der Waals surface area contributed by atoms with Crippen LogP contribution in [0.1, 0.15) is 72.5 Å².